The molecule has 2 N–H and O–H groups in total. The number of benzene rings is 1. The Bertz CT molecular complexity index is 456. The molecule has 0 bridgehead atoms. The van der Waals surface area contributed by atoms with Crippen molar-refractivity contribution in [1.29, 1.82) is 0 Å². The summed E-state index contributed by atoms with van der Waals surface area (Å²) < 4.78 is 0. The summed E-state index contributed by atoms with van der Waals surface area (Å²) in [5.41, 5.74) is 2.43. The molecule has 1 aromatic rings. The molecule has 0 saturated carbocycles. The molecule has 1 rings (SSSR count). The highest BCUT2D eigenvalue weighted by Crippen LogP contribution is 2.22. The fourth-order valence-corrected chi connectivity index (χ4v) is 1.51. The summed E-state index contributed by atoms with van der Waals surface area (Å²) in [6.45, 7) is 3.46. The van der Waals surface area contributed by atoms with E-state index < -0.39 is 0 Å². The van der Waals surface area contributed by atoms with Gasteiger partial charge in [0.1, 0.15) is 0 Å². The number of urea groups is 1. The Morgan fingerprint density at radius 2 is 1.89 bits per heavy atom. The molecule has 3 amide bonds. The van der Waals surface area contributed by atoms with E-state index in [2.05, 4.69) is 10.6 Å². The second kappa shape index (κ2) is 6.05. The van der Waals surface area contributed by atoms with Gasteiger partial charge in [-0.2, -0.15) is 0 Å². The largest absolute Gasteiger partial charge is 0.331 e. The van der Waals surface area contributed by atoms with Gasteiger partial charge >= 0.3 is 6.03 Å². The van der Waals surface area contributed by atoms with Crippen molar-refractivity contribution >= 4 is 23.3 Å². The number of nitrogens with one attached hydrogen (secondary N) is 2. The van der Waals surface area contributed by atoms with Crippen LogP contribution in [0.3, 0.4) is 0 Å². The number of carbonyl (C=O) groups excluding carboxylic acids is 2. The Morgan fingerprint density at radius 1 is 1.22 bits per heavy atom. The van der Waals surface area contributed by atoms with Gasteiger partial charge in [-0.05, 0) is 24.1 Å². The van der Waals surface area contributed by atoms with Gasteiger partial charge in [0.05, 0.1) is 0 Å². The molecule has 98 valence electrons. The third-order valence-corrected chi connectivity index (χ3v) is 2.46. The highest BCUT2D eigenvalue weighted by atomic mass is 16.2. The summed E-state index contributed by atoms with van der Waals surface area (Å²) in [7, 11) is 3.36. The van der Waals surface area contributed by atoms with Gasteiger partial charge in [0, 0.05) is 32.4 Å². The average molecular weight is 249 g/mol. The predicted molar refractivity (Wildman–Crippen MR) is 72.8 cm³/mol. The van der Waals surface area contributed by atoms with E-state index in [9.17, 15) is 9.59 Å². The van der Waals surface area contributed by atoms with E-state index in [4.69, 9.17) is 0 Å². The van der Waals surface area contributed by atoms with E-state index in [0.29, 0.717) is 5.69 Å². The average Bonchev–Trinajstić information content (AvgIpc) is 2.28. The summed E-state index contributed by atoms with van der Waals surface area (Å²) in [6.07, 6.45) is 0.809. The van der Waals surface area contributed by atoms with Crippen LogP contribution in [0.4, 0.5) is 16.2 Å². The van der Waals surface area contributed by atoms with E-state index in [-0.39, 0.29) is 11.9 Å². The third kappa shape index (κ3) is 3.76. The molecule has 0 radical (unpaired) electrons. The van der Waals surface area contributed by atoms with Crippen LogP contribution in [0.15, 0.2) is 18.2 Å². The van der Waals surface area contributed by atoms with E-state index in [1.807, 2.05) is 19.1 Å². The van der Waals surface area contributed by atoms with Crippen molar-refractivity contribution in [2.75, 3.05) is 24.7 Å². The molecule has 0 aliphatic heterocycles. The Balaban J connectivity index is 2.98. The molecule has 5 nitrogen and oxygen atoms in total. The first-order valence-electron chi connectivity index (χ1n) is 5.82. The quantitative estimate of drug-likeness (QED) is 0.863. The van der Waals surface area contributed by atoms with Gasteiger partial charge in [-0.15, -0.1) is 0 Å². The zero-order valence-electron chi connectivity index (χ0n) is 11.2. The summed E-state index contributed by atoms with van der Waals surface area (Å²) in [4.78, 5) is 24.1. The van der Waals surface area contributed by atoms with Gasteiger partial charge in [0.2, 0.25) is 5.91 Å². The van der Waals surface area contributed by atoms with Crippen LogP contribution in [-0.4, -0.2) is 30.9 Å². The normalized spacial score (nSPS) is 9.78. The van der Waals surface area contributed by atoms with Crippen LogP contribution >= 0.6 is 0 Å². The van der Waals surface area contributed by atoms with Crippen LogP contribution in [0, 0.1) is 0 Å². The van der Waals surface area contributed by atoms with E-state index in [1.54, 1.807) is 20.2 Å². The predicted octanol–water partition coefficient (Wildman–Crippen LogP) is 2.30. The first-order valence-corrected chi connectivity index (χ1v) is 5.82. The number of hydrogen-bond acceptors (Lipinski definition) is 2. The summed E-state index contributed by atoms with van der Waals surface area (Å²) in [5, 5.41) is 5.51. The monoisotopic (exact) mass is 249 g/mol. The Hall–Kier alpha value is -2.04. The minimum atomic E-state index is -0.190. The molecule has 0 aliphatic carbocycles. The third-order valence-electron chi connectivity index (χ3n) is 2.46. The fourth-order valence-electron chi connectivity index (χ4n) is 1.51. The van der Waals surface area contributed by atoms with Crippen molar-refractivity contribution in [1.82, 2.24) is 4.90 Å². The lowest BCUT2D eigenvalue weighted by molar-refractivity contribution is -0.114. The van der Waals surface area contributed by atoms with Crippen molar-refractivity contribution in [2.24, 2.45) is 0 Å². The second-order valence-corrected chi connectivity index (χ2v) is 4.23. The Morgan fingerprint density at radius 3 is 2.39 bits per heavy atom. The smallest absolute Gasteiger partial charge is 0.321 e. The first-order chi connectivity index (χ1) is 8.43. The number of carbonyl (C=O) groups is 2. The molecular formula is C13H19N3O2. The maximum absolute atomic E-state index is 11.6. The Kier molecular flexibility index (Phi) is 4.71. The van der Waals surface area contributed by atoms with Crippen LogP contribution in [0.2, 0.25) is 0 Å². The molecule has 0 aliphatic rings. The van der Waals surface area contributed by atoms with E-state index in [1.165, 1.54) is 11.8 Å². The lowest BCUT2D eigenvalue weighted by Gasteiger charge is -2.15. The van der Waals surface area contributed by atoms with Crippen LogP contribution < -0.4 is 10.6 Å². The second-order valence-electron chi connectivity index (χ2n) is 4.23. The number of hydrogen-bond donors (Lipinski definition) is 2. The minimum absolute atomic E-state index is 0.135. The lowest BCUT2D eigenvalue weighted by atomic mass is 10.1. The number of nitrogens with zero attached hydrogens (tertiary/aromatic N) is 1. The molecule has 5 heteroatoms. The standard InChI is InChI=1S/C13H19N3O2/c1-5-10-6-7-11(14-9(2)17)8-12(10)15-13(18)16(3)4/h6-8H,5H2,1-4H3,(H,14,17)(H,15,18). The van der Waals surface area contributed by atoms with Crippen LogP contribution in [0.25, 0.3) is 0 Å². The number of rotatable bonds is 3. The van der Waals surface area contributed by atoms with Crippen molar-refractivity contribution < 1.29 is 9.59 Å². The number of anilines is 2. The topological polar surface area (TPSA) is 61.4 Å². The molecule has 1 aromatic carbocycles. The van der Waals surface area contributed by atoms with Gasteiger partial charge in [-0.3, -0.25) is 4.79 Å². The fraction of sp³-hybridized carbons (Fsp3) is 0.385. The molecule has 0 saturated heterocycles. The van der Waals surface area contributed by atoms with Crippen molar-refractivity contribution in [2.45, 2.75) is 20.3 Å². The van der Waals surface area contributed by atoms with Crippen molar-refractivity contribution in [3.8, 4) is 0 Å². The van der Waals surface area contributed by atoms with Gasteiger partial charge in [0.15, 0.2) is 0 Å². The van der Waals surface area contributed by atoms with Gasteiger partial charge in [-0.1, -0.05) is 13.0 Å². The Labute approximate surface area is 107 Å². The van der Waals surface area contributed by atoms with Crippen LogP contribution in [0.5, 0.6) is 0 Å². The summed E-state index contributed by atoms with van der Waals surface area (Å²) >= 11 is 0. The molecule has 0 unspecified atom stereocenters. The number of aryl methyl sites for hydroxylation is 1. The maximum Gasteiger partial charge on any atom is 0.321 e. The van der Waals surface area contributed by atoms with Gasteiger partial charge in [0.25, 0.3) is 0 Å². The number of amides is 3. The molecule has 0 atom stereocenters. The molecule has 0 spiro atoms. The maximum atomic E-state index is 11.6. The summed E-state index contributed by atoms with van der Waals surface area (Å²) in [6, 6.07) is 5.30. The van der Waals surface area contributed by atoms with Crippen LogP contribution in [0.1, 0.15) is 19.4 Å². The van der Waals surface area contributed by atoms with E-state index >= 15 is 0 Å². The molecule has 18 heavy (non-hydrogen) atoms. The zero-order chi connectivity index (χ0) is 13.7. The van der Waals surface area contributed by atoms with Crippen LogP contribution in [-0.2, 0) is 11.2 Å². The lowest BCUT2D eigenvalue weighted by Crippen LogP contribution is -2.27. The molecule has 0 heterocycles. The van der Waals surface area contributed by atoms with Crippen molar-refractivity contribution in [3.05, 3.63) is 23.8 Å². The van der Waals surface area contributed by atoms with E-state index in [0.717, 1.165) is 17.7 Å². The molecule has 0 fully saturated rings. The molecule has 0 aromatic heterocycles. The SMILES string of the molecule is CCc1ccc(NC(C)=O)cc1NC(=O)N(C)C. The summed E-state index contributed by atoms with van der Waals surface area (Å²) in [5.74, 6) is -0.135. The van der Waals surface area contributed by atoms with Gasteiger partial charge in [-0.25, -0.2) is 4.79 Å². The highest BCUT2D eigenvalue weighted by Gasteiger charge is 2.08. The minimum Gasteiger partial charge on any atom is -0.331 e. The molecular weight excluding hydrogens is 230 g/mol. The highest BCUT2D eigenvalue weighted by molar-refractivity contribution is 5.93. The van der Waals surface area contributed by atoms with Crippen molar-refractivity contribution in [3.63, 3.8) is 0 Å². The zero-order valence-corrected chi connectivity index (χ0v) is 11.2. The first kappa shape index (κ1) is 14.0. The van der Waals surface area contributed by atoms with Gasteiger partial charge < -0.3 is 15.5 Å².